The number of aromatic nitrogens is 1. The molecule has 9 heteroatoms. The van der Waals surface area contributed by atoms with Crippen molar-refractivity contribution in [3.8, 4) is 28.0 Å². The fourth-order valence-corrected chi connectivity index (χ4v) is 5.56. The molecule has 5 rings (SSSR count). The van der Waals surface area contributed by atoms with E-state index in [4.69, 9.17) is 11.6 Å². The number of aromatic hydroxyl groups is 1. The lowest BCUT2D eigenvalue weighted by Crippen LogP contribution is -2.71. The van der Waals surface area contributed by atoms with Crippen LogP contribution in [0.5, 0.6) is 5.75 Å². The highest BCUT2D eigenvalue weighted by Crippen LogP contribution is 2.44. The van der Waals surface area contributed by atoms with Gasteiger partial charge in [0, 0.05) is 75.4 Å². The summed E-state index contributed by atoms with van der Waals surface area (Å²) in [6, 6.07) is 11.2. The molecule has 1 spiro atoms. The number of amides is 1. The highest BCUT2D eigenvalue weighted by molar-refractivity contribution is 6.34. The van der Waals surface area contributed by atoms with Crippen molar-refractivity contribution in [3.63, 3.8) is 0 Å². The van der Waals surface area contributed by atoms with Crippen molar-refractivity contribution in [1.29, 1.82) is 0 Å². The van der Waals surface area contributed by atoms with Crippen LogP contribution in [0, 0.1) is 11.2 Å². The average molecular weight is 522 g/mol. The number of hydrogen-bond acceptors (Lipinski definition) is 6. The molecule has 1 N–H and O–H groups in total. The zero-order valence-electron chi connectivity index (χ0n) is 21.0. The zero-order valence-corrected chi connectivity index (χ0v) is 21.8. The van der Waals surface area contributed by atoms with Gasteiger partial charge in [-0.1, -0.05) is 17.7 Å². The van der Waals surface area contributed by atoms with Gasteiger partial charge in [0.25, 0.3) is 0 Å². The molecule has 0 aliphatic carbocycles. The van der Waals surface area contributed by atoms with E-state index in [1.54, 1.807) is 47.8 Å². The van der Waals surface area contributed by atoms with Gasteiger partial charge in [-0.15, -0.1) is 0 Å². The van der Waals surface area contributed by atoms with Gasteiger partial charge in [-0.25, -0.2) is 9.37 Å². The second-order valence-corrected chi connectivity index (χ2v) is 10.6. The minimum atomic E-state index is -0.481. The first-order valence-electron chi connectivity index (χ1n) is 12.0. The van der Waals surface area contributed by atoms with Gasteiger partial charge in [-0.2, -0.15) is 0 Å². The maximum absolute atomic E-state index is 14.8. The summed E-state index contributed by atoms with van der Waals surface area (Å²) in [5, 5.41) is 11.5. The van der Waals surface area contributed by atoms with E-state index in [0.717, 1.165) is 32.0 Å². The lowest BCUT2D eigenvalue weighted by atomic mass is 9.73. The molecule has 37 heavy (non-hydrogen) atoms. The third kappa shape index (κ3) is 4.86. The van der Waals surface area contributed by atoms with Crippen LogP contribution >= 0.6 is 11.6 Å². The number of anilines is 2. The van der Waals surface area contributed by atoms with E-state index in [0.29, 0.717) is 39.8 Å². The summed E-state index contributed by atoms with van der Waals surface area (Å²) in [5.74, 6) is 0.281. The molecule has 0 radical (unpaired) electrons. The molecule has 7 nitrogen and oxygen atoms in total. The number of phenols is 1. The summed E-state index contributed by atoms with van der Waals surface area (Å²) in [6.07, 6.45) is 5.66. The van der Waals surface area contributed by atoms with Crippen molar-refractivity contribution >= 4 is 29.5 Å². The first-order chi connectivity index (χ1) is 17.7. The van der Waals surface area contributed by atoms with Gasteiger partial charge >= 0.3 is 0 Å². The molecule has 0 saturated carbocycles. The number of hydrogen-bond donors (Lipinski definition) is 1. The van der Waals surface area contributed by atoms with E-state index in [2.05, 4.69) is 21.8 Å². The fourth-order valence-electron chi connectivity index (χ4n) is 5.28. The minimum Gasteiger partial charge on any atom is -0.507 e. The summed E-state index contributed by atoms with van der Waals surface area (Å²) >= 11 is 6.50. The Balaban J connectivity index is 1.44. The predicted octanol–water partition coefficient (Wildman–Crippen LogP) is 4.66. The lowest BCUT2D eigenvalue weighted by molar-refractivity contribution is -0.106. The molecule has 0 bridgehead atoms. The first kappa shape index (κ1) is 25.0. The Morgan fingerprint density at radius 3 is 2.30 bits per heavy atom. The Kier molecular flexibility index (Phi) is 6.56. The highest BCUT2D eigenvalue weighted by atomic mass is 35.5. The van der Waals surface area contributed by atoms with Crippen molar-refractivity contribution < 1.29 is 14.3 Å². The van der Waals surface area contributed by atoms with E-state index in [9.17, 15) is 14.3 Å². The molecule has 3 aromatic rings. The third-order valence-electron chi connectivity index (χ3n) is 6.89. The van der Waals surface area contributed by atoms with Crippen molar-refractivity contribution in [1.82, 2.24) is 14.8 Å². The molecule has 2 saturated heterocycles. The molecule has 1 amide bonds. The third-order valence-corrected chi connectivity index (χ3v) is 7.20. The molecule has 2 fully saturated rings. The van der Waals surface area contributed by atoms with Crippen LogP contribution in [0.2, 0.25) is 5.02 Å². The van der Waals surface area contributed by atoms with Crippen molar-refractivity contribution in [2.75, 3.05) is 57.1 Å². The largest absolute Gasteiger partial charge is 0.507 e. The van der Waals surface area contributed by atoms with Gasteiger partial charge in [0.2, 0.25) is 6.41 Å². The van der Waals surface area contributed by atoms with Crippen LogP contribution in [-0.2, 0) is 4.79 Å². The Hall–Kier alpha value is -3.62. The van der Waals surface area contributed by atoms with Gasteiger partial charge in [0.1, 0.15) is 17.4 Å². The van der Waals surface area contributed by atoms with Crippen LogP contribution in [-0.4, -0.2) is 73.6 Å². The van der Waals surface area contributed by atoms with Crippen LogP contribution in [0.15, 0.2) is 61.1 Å². The normalized spacial score (nSPS) is 16.5. The second kappa shape index (κ2) is 9.68. The summed E-state index contributed by atoms with van der Waals surface area (Å²) in [4.78, 5) is 23.8. The predicted molar refractivity (Wildman–Crippen MR) is 145 cm³/mol. The van der Waals surface area contributed by atoms with Crippen LogP contribution < -0.4 is 9.80 Å². The van der Waals surface area contributed by atoms with Crippen LogP contribution in [0.3, 0.4) is 0 Å². The van der Waals surface area contributed by atoms with Crippen LogP contribution in [0.1, 0.15) is 0 Å². The van der Waals surface area contributed by atoms with Crippen LogP contribution in [0.4, 0.5) is 15.9 Å². The molecule has 1 aromatic heterocycles. The van der Waals surface area contributed by atoms with Gasteiger partial charge in [-0.05, 0) is 54.6 Å². The number of pyridine rings is 1. The number of carbonyl (C=O) groups excluding carboxylic acids is 1. The first-order valence-corrected chi connectivity index (χ1v) is 12.4. The molecule has 0 atom stereocenters. The maximum Gasteiger partial charge on any atom is 0.218 e. The molecule has 0 unspecified atom stereocenters. The van der Waals surface area contributed by atoms with E-state index in [-0.39, 0.29) is 10.8 Å². The quantitative estimate of drug-likeness (QED) is 0.456. The van der Waals surface area contributed by atoms with Crippen LogP contribution in [0.25, 0.3) is 22.3 Å². The molecule has 2 aliphatic heterocycles. The maximum atomic E-state index is 14.8. The van der Waals surface area contributed by atoms with Crippen molar-refractivity contribution in [3.05, 3.63) is 71.9 Å². The number of benzene rings is 2. The molecule has 2 aromatic carbocycles. The van der Waals surface area contributed by atoms with Crippen molar-refractivity contribution in [2.45, 2.75) is 0 Å². The Morgan fingerprint density at radius 2 is 1.70 bits per heavy atom. The summed E-state index contributed by atoms with van der Waals surface area (Å²) < 4.78 is 14.8. The standard InChI is InChI=1S/C28H29ClFN5O2/c1-32(2)8-9-34(18-36)25-5-4-19(10-24(25)29)22-12-21(30)13-23(27(22)37)20-6-7-31-26(11-20)35-16-28(17-35)14-33(3)15-28/h4-13,18,37H,14-17H2,1-3H3/b9-8-. The topological polar surface area (TPSA) is 63.2 Å². The lowest BCUT2D eigenvalue weighted by Gasteiger charge is -2.60. The molecule has 2 aliphatic rings. The van der Waals surface area contributed by atoms with Gasteiger partial charge in [0.15, 0.2) is 0 Å². The van der Waals surface area contributed by atoms with E-state index in [1.807, 2.05) is 20.2 Å². The fraction of sp³-hybridized carbons (Fsp3) is 0.286. The number of nitrogens with zero attached hydrogens (tertiary/aromatic N) is 5. The zero-order chi connectivity index (χ0) is 26.3. The molecular formula is C28H29ClFN5O2. The van der Waals surface area contributed by atoms with E-state index in [1.165, 1.54) is 17.0 Å². The Labute approximate surface area is 221 Å². The number of likely N-dealkylation sites (tertiary alicyclic amines) is 1. The number of halogens is 2. The van der Waals surface area contributed by atoms with Gasteiger partial charge in [-0.3, -0.25) is 9.69 Å². The van der Waals surface area contributed by atoms with Gasteiger partial charge in [0.05, 0.1) is 10.7 Å². The number of carbonyl (C=O) groups is 1. The smallest absolute Gasteiger partial charge is 0.218 e. The Morgan fingerprint density at radius 1 is 1.03 bits per heavy atom. The highest BCUT2D eigenvalue weighted by Gasteiger charge is 2.50. The number of phenolic OH excluding ortho intramolecular Hbond substituents is 1. The second-order valence-electron chi connectivity index (χ2n) is 10.2. The SMILES string of the molecule is CN(C)/C=C\N(C=O)c1ccc(-c2cc(F)cc(-c3ccnc(N4CC5(CN(C)C5)C4)c3)c2O)cc1Cl. The summed E-state index contributed by atoms with van der Waals surface area (Å²) in [6.45, 7) is 4.07. The molecule has 3 heterocycles. The van der Waals surface area contributed by atoms with Gasteiger partial charge < -0.3 is 19.8 Å². The molecule has 192 valence electrons. The summed E-state index contributed by atoms with van der Waals surface area (Å²) in [5.41, 5.74) is 2.72. The minimum absolute atomic E-state index is 0.0530. The summed E-state index contributed by atoms with van der Waals surface area (Å²) in [7, 11) is 5.80. The van der Waals surface area contributed by atoms with E-state index >= 15 is 0 Å². The Bertz CT molecular complexity index is 1360. The molecular weight excluding hydrogens is 493 g/mol. The monoisotopic (exact) mass is 521 g/mol. The van der Waals surface area contributed by atoms with E-state index < -0.39 is 5.82 Å². The van der Waals surface area contributed by atoms with Crippen molar-refractivity contribution in [2.24, 2.45) is 5.41 Å². The number of rotatable bonds is 7. The average Bonchev–Trinajstić information content (AvgIpc) is 2.82.